The first-order valence-electron chi connectivity index (χ1n) is 6.21. The smallest absolute Gasteiger partial charge is 0.0346 e. The van der Waals surface area contributed by atoms with Crippen LogP contribution < -0.4 is 11.1 Å². The summed E-state index contributed by atoms with van der Waals surface area (Å²) in [5.74, 6) is 0. The molecular weight excluding hydrogens is 196 g/mol. The van der Waals surface area contributed by atoms with Gasteiger partial charge in [0, 0.05) is 18.8 Å². The van der Waals surface area contributed by atoms with Gasteiger partial charge in [-0.25, -0.2) is 0 Å². The second-order valence-corrected chi connectivity index (χ2v) is 5.15. The molecule has 88 valence electrons. The molecule has 16 heavy (non-hydrogen) atoms. The van der Waals surface area contributed by atoms with E-state index in [0.717, 1.165) is 24.3 Å². The Morgan fingerprint density at radius 3 is 2.69 bits per heavy atom. The van der Waals surface area contributed by atoms with Crippen molar-refractivity contribution in [1.29, 1.82) is 0 Å². The van der Waals surface area contributed by atoms with Gasteiger partial charge in [-0.3, -0.25) is 0 Å². The summed E-state index contributed by atoms with van der Waals surface area (Å²) in [7, 11) is 0. The summed E-state index contributed by atoms with van der Waals surface area (Å²) in [5, 5.41) is 3.55. The normalized spacial score (nSPS) is 17.4. The van der Waals surface area contributed by atoms with Gasteiger partial charge in [0.05, 0.1) is 0 Å². The fraction of sp³-hybridized carbons (Fsp3) is 0.571. The lowest BCUT2D eigenvalue weighted by Crippen LogP contribution is -2.23. The topological polar surface area (TPSA) is 38.0 Å². The lowest BCUT2D eigenvalue weighted by Gasteiger charge is -2.13. The largest absolute Gasteiger partial charge is 0.399 e. The van der Waals surface area contributed by atoms with Gasteiger partial charge in [0.1, 0.15) is 0 Å². The maximum absolute atomic E-state index is 5.89. The van der Waals surface area contributed by atoms with Gasteiger partial charge < -0.3 is 11.1 Å². The molecule has 1 saturated carbocycles. The standard InChI is InChI=1S/C14H22N2/c1-3-14(6-7-14)10-16-9-12-5-4-11(2)13(15)8-12/h4-5,8,16H,3,6-7,9-10,15H2,1-2H3. The van der Waals surface area contributed by atoms with Crippen molar-refractivity contribution in [2.45, 2.75) is 39.7 Å². The van der Waals surface area contributed by atoms with E-state index in [1.54, 1.807) is 0 Å². The second kappa shape index (κ2) is 4.46. The Morgan fingerprint density at radius 1 is 1.38 bits per heavy atom. The van der Waals surface area contributed by atoms with Crippen molar-refractivity contribution in [1.82, 2.24) is 5.32 Å². The van der Waals surface area contributed by atoms with Crippen LogP contribution >= 0.6 is 0 Å². The van der Waals surface area contributed by atoms with Gasteiger partial charge in [-0.15, -0.1) is 0 Å². The number of nitrogens with two attached hydrogens (primary N) is 1. The highest BCUT2D eigenvalue weighted by molar-refractivity contribution is 5.48. The third-order valence-electron chi connectivity index (χ3n) is 3.88. The first-order chi connectivity index (χ1) is 7.65. The summed E-state index contributed by atoms with van der Waals surface area (Å²) in [6, 6.07) is 6.33. The summed E-state index contributed by atoms with van der Waals surface area (Å²) >= 11 is 0. The lowest BCUT2D eigenvalue weighted by atomic mass is 10.0. The maximum atomic E-state index is 5.89. The molecule has 2 heteroatoms. The van der Waals surface area contributed by atoms with E-state index in [0.29, 0.717) is 5.41 Å². The van der Waals surface area contributed by atoms with Crippen LogP contribution in [0.5, 0.6) is 0 Å². The van der Waals surface area contributed by atoms with Crippen molar-refractivity contribution >= 4 is 5.69 Å². The molecule has 0 unspecified atom stereocenters. The van der Waals surface area contributed by atoms with Crippen molar-refractivity contribution in [3.05, 3.63) is 29.3 Å². The van der Waals surface area contributed by atoms with E-state index in [9.17, 15) is 0 Å². The fourth-order valence-electron chi connectivity index (χ4n) is 2.10. The minimum atomic E-state index is 0.621. The molecule has 0 bridgehead atoms. The summed E-state index contributed by atoms with van der Waals surface area (Å²) in [4.78, 5) is 0. The number of rotatable bonds is 5. The molecule has 0 aromatic heterocycles. The third kappa shape index (κ3) is 2.56. The Balaban J connectivity index is 1.83. The van der Waals surface area contributed by atoms with Gasteiger partial charge in [-0.05, 0) is 48.8 Å². The van der Waals surface area contributed by atoms with Crippen molar-refractivity contribution in [2.75, 3.05) is 12.3 Å². The van der Waals surface area contributed by atoms with Gasteiger partial charge in [0.25, 0.3) is 0 Å². The fourth-order valence-corrected chi connectivity index (χ4v) is 2.10. The van der Waals surface area contributed by atoms with Crippen molar-refractivity contribution in [2.24, 2.45) is 5.41 Å². The van der Waals surface area contributed by atoms with Crippen molar-refractivity contribution in [3.63, 3.8) is 0 Å². The molecule has 0 saturated heterocycles. The van der Waals surface area contributed by atoms with Crippen LogP contribution in [0.15, 0.2) is 18.2 Å². The number of nitrogens with one attached hydrogen (secondary N) is 1. The van der Waals surface area contributed by atoms with Crippen LogP contribution in [0.2, 0.25) is 0 Å². The molecule has 0 heterocycles. The number of anilines is 1. The Hall–Kier alpha value is -1.02. The van der Waals surface area contributed by atoms with Crippen LogP contribution in [-0.2, 0) is 6.54 Å². The second-order valence-electron chi connectivity index (χ2n) is 5.15. The van der Waals surface area contributed by atoms with E-state index in [4.69, 9.17) is 5.73 Å². The van der Waals surface area contributed by atoms with Crippen LogP contribution in [0.25, 0.3) is 0 Å². The van der Waals surface area contributed by atoms with Gasteiger partial charge in [0.2, 0.25) is 0 Å². The molecule has 2 rings (SSSR count). The molecule has 1 aromatic carbocycles. The van der Waals surface area contributed by atoms with Crippen LogP contribution in [0.4, 0.5) is 5.69 Å². The zero-order valence-corrected chi connectivity index (χ0v) is 10.3. The third-order valence-corrected chi connectivity index (χ3v) is 3.88. The van der Waals surface area contributed by atoms with Crippen molar-refractivity contribution < 1.29 is 0 Å². The quantitative estimate of drug-likeness (QED) is 0.746. The summed E-state index contributed by atoms with van der Waals surface area (Å²) in [6.07, 6.45) is 4.09. The zero-order valence-electron chi connectivity index (χ0n) is 10.3. The minimum absolute atomic E-state index is 0.621. The molecule has 1 fully saturated rings. The minimum Gasteiger partial charge on any atom is -0.399 e. The molecule has 2 nitrogen and oxygen atoms in total. The van der Waals surface area contributed by atoms with Gasteiger partial charge in [0.15, 0.2) is 0 Å². The summed E-state index contributed by atoms with van der Waals surface area (Å²) in [5.41, 5.74) is 9.86. The molecule has 0 aliphatic heterocycles. The van der Waals surface area contributed by atoms with E-state index in [2.05, 4.69) is 30.4 Å². The molecule has 0 radical (unpaired) electrons. The highest BCUT2D eigenvalue weighted by Gasteiger charge is 2.39. The predicted molar refractivity (Wildman–Crippen MR) is 69.3 cm³/mol. The van der Waals surface area contributed by atoms with Crippen molar-refractivity contribution in [3.8, 4) is 0 Å². The lowest BCUT2D eigenvalue weighted by molar-refractivity contribution is 0.443. The highest BCUT2D eigenvalue weighted by Crippen LogP contribution is 2.47. The average Bonchev–Trinajstić information content (AvgIpc) is 3.04. The number of benzene rings is 1. The number of nitrogen functional groups attached to an aromatic ring is 1. The zero-order chi connectivity index (χ0) is 11.6. The predicted octanol–water partition coefficient (Wildman–Crippen LogP) is 2.86. The van der Waals surface area contributed by atoms with Crippen LogP contribution in [0.1, 0.15) is 37.3 Å². The van der Waals surface area contributed by atoms with Gasteiger partial charge >= 0.3 is 0 Å². The maximum Gasteiger partial charge on any atom is 0.0346 e. The molecule has 1 aromatic rings. The van der Waals surface area contributed by atoms with Crippen LogP contribution in [0.3, 0.4) is 0 Å². The van der Waals surface area contributed by atoms with E-state index in [-0.39, 0.29) is 0 Å². The first kappa shape index (κ1) is 11.5. The van der Waals surface area contributed by atoms with Gasteiger partial charge in [-0.2, -0.15) is 0 Å². The number of hydrogen-bond acceptors (Lipinski definition) is 2. The van der Waals surface area contributed by atoms with E-state index >= 15 is 0 Å². The van der Waals surface area contributed by atoms with E-state index in [1.807, 2.05) is 6.92 Å². The Morgan fingerprint density at radius 2 is 2.12 bits per heavy atom. The van der Waals surface area contributed by atoms with E-state index < -0.39 is 0 Å². The van der Waals surface area contributed by atoms with Crippen LogP contribution in [0, 0.1) is 12.3 Å². The van der Waals surface area contributed by atoms with Gasteiger partial charge in [-0.1, -0.05) is 19.1 Å². The molecule has 0 atom stereocenters. The number of aryl methyl sites for hydroxylation is 1. The average molecular weight is 218 g/mol. The molecule has 0 spiro atoms. The number of hydrogen-bond donors (Lipinski definition) is 2. The summed E-state index contributed by atoms with van der Waals surface area (Å²) in [6.45, 7) is 6.42. The molecule has 0 amide bonds. The molecule has 1 aliphatic carbocycles. The van der Waals surface area contributed by atoms with Crippen LogP contribution in [-0.4, -0.2) is 6.54 Å². The SMILES string of the molecule is CCC1(CNCc2ccc(C)c(N)c2)CC1. The first-order valence-corrected chi connectivity index (χ1v) is 6.21. The highest BCUT2D eigenvalue weighted by atomic mass is 14.9. The Labute approximate surface area is 98.2 Å². The molecule has 1 aliphatic rings. The van der Waals surface area contributed by atoms with E-state index in [1.165, 1.54) is 24.8 Å². The summed E-state index contributed by atoms with van der Waals surface area (Å²) < 4.78 is 0. The molecular formula is C14H22N2. The monoisotopic (exact) mass is 218 g/mol. The Bertz CT molecular complexity index is 367. The Kier molecular flexibility index (Phi) is 3.20. The molecule has 3 N–H and O–H groups in total.